The maximum Gasteiger partial charge on any atom is 0.202 e. The summed E-state index contributed by atoms with van der Waals surface area (Å²) < 4.78 is 39.6. The van der Waals surface area contributed by atoms with E-state index in [1.807, 2.05) is 24.1 Å². The van der Waals surface area contributed by atoms with Gasteiger partial charge in [0.05, 0.1) is 11.7 Å². The molecular weight excluding hydrogens is 327 g/mol. The zero-order chi connectivity index (χ0) is 16.9. The summed E-state index contributed by atoms with van der Waals surface area (Å²) in [5.74, 6) is 0.623. The number of sulfone groups is 1. The van der Waals surface area contributed by atoms with Crippen LogP contribution >= 0.6 is 0 Å². The molecule has 2 aliphatic heterocycles. The second-order valence-corrected chi connectivity index (χ2v) is 9.07. The number of allylic oxidation sites excluding steroid dienone is 1. The zero-order valence-electron chi connectivity index (χ0n) is 13.8. The van der Waals surface area contributed by atoms with Crippen molar-refractivity contribution in [1.82, 2.24) is 4.90 Å². The van der Waals surface area contributed by atoms with E-state index >= 15 is 0 Å². The highest BCUT2D eigenvalue weighted by atomic mass is 32.2. The Morgan fingerprint density at radius 2 is 2.08 bits per heavy atom. The predicted molar refractivity (Wildman–Crippen MR) is 93.4 cm³/mol. The molecule has 6 heteroatoms. The molecule has 2 fully saturated rings. The van der Waals surface area contributed by atoms with E-state index < -0.39 is 16.0 Å². The topological polar surface area (TPSA) is 49.4 Å². The van der Waals surface area contributed by atoms with Crippen LogP contribution in [-0.4, -0.2) is 45.7 Å². The van der Waals surface area contributed by atoms with Crippen LogP contribution in [0.1, 0.15) is 31.2 Å². The van der Waals surface area contributed by atoms with Gasteiger partial charge in [-0.25, -0.2) is 12.8 Å². The summed E-state index contributed by atoms with van der Waals surface area (Å²) in [6, 6.07) is 5.16. The van der Waals surface area contributed by atoms with Crippen LogP contribution in [0.5, 0.6) is 0 Å². The molecule has 0 radical (unpaired) electrons. The Labute approximate surface area is 142 Å². The molecular formula is C18H23FN2O2S. The largest absolute Gasteiger partial charge is 0.378 e. The Morgan fingerprint density at radius 3 is 2.79 bits per heavy atom. The molecule has 3 aliphatic rings. The van der Waals surface area contributed by atoms with Crippen molar-refractivity contribution >= 4 is 21.1 Å². The minimum Gasteiger partial charge on any atom is -0.378 e. The molecule has 0 unspecified atom stereocenters. The van der Waals surface area contributed by atoms with Crippen LogP contribution in [0.15, 0.2) is 28.5 Å². The fraction of sp³-hybridized carbons (Fsp3) is 0.556. The van der Waals surface area contributed by atoms with Gasteiger partial charge in [-0.1, -0.05) is 12.1 Å². The summed E-state index contributed by atoms with van der Waals surface area (Å²) in [5.41, 5.74) is 2.26. The third kappa shape index (κ3) is 2.97. The Bertz CT molecular complexity index is 786. The van der Waals surface area contributed by atoms with Gasteiger partial charge < -0.3 is 10.2 Å². The van der Waals surface area contributed by atoms with Crippen LogP contribution in [0.2, 0.25) is 0 Å². The van der Waals surface area contributed by atoms with Gasteiger partial charge in [0.25, 0.3) is 0 Å². The minimum atomic E-state index is -3.44. The van der Waals surface area contributed by atoms with E-state index in [9.17, 15) is 12.8 Å². The smallest absolute Gasteiger partial charge is 0.202 e. The first-order valence-corrected chi connectivity index (χ1v) is 10.2. The molecule has 0 amide bonds. The molecule has 1 aromatic carbocycles. The summed E-state index contributed by atoms with van der Waals surface area (Å²) in [7, 11) is -1.54. The normalized spacial score (nSPS) is 29.2. The van der Waals surface area contributed by atoms with E-state index in [0.29, 0.717) is 29.5 Å². The number of alkyl halides is 1. The first-order valence-electron chi connectivity index (χ1n) is 8.62. The second-order valence-electron chi connectivity index (χ2n) is 7.34. The fourth-order valence-corrected chi connectivity index (χ4v) is 5.38. The van der Waals surface area contributed by atoms with Crippen molar-refractivity contribution < 1.29 is 12.8 Å². The maximum absolute atomic E-state index is 14.3. The third-order valence-corrected chi connectivity index (χ3v) is 6.84. The predicted octanol–water partition coefficient (Wildman–Crippen LogP) is 3.07. The van der Waals surface area contributed by atoms with Crippen LogP contribution in [0.3, 0.4) is 0 Å². The standard InChI is InChI=1S/C18H23FN2O2S/c1-21-8-7-16(15(19)10-21)20-17-4-2-3-14-13(9-12-5-6-12)11-24(22,23)18(14)17/h2-4,11-12,15-16,20H,5-10H2,1H3/t15-,16+/m0/s1. The van der Waals surface area contributed by atoms with Crippen LogP contribution in [-0.2, 0) is 9.84 Å². The first-order chi connectivity index (χ1) is 11.4. The van der Waals surface area contributed by atoms with Gasteiger partial charge >= 0.3 is 0 Å². The van der Waals surface area contributed by atoms with Gasteiger partial charge in [0, 0.05) is 18.5 Å². The first kappa shape index (κ1) is 16.1. The molecule has 0 aromatic heterocycles. The summed E-state index contributed by atoms with van der Waals surface area (Å²) in [6.45, 7) is 1.19. The number of nitrogens with zero attached hydrogens (tertiary/aromatic N) is 1. The number of halogens is 1. The maximum atomic E-state index is 14.3. The van der Waals surface area contributed by atoms with E-state index in [-0.39, 0.29) is 6.04 Å². The van der Waals surface area contributed by atoms with Crippen molar-refractivity contribution in [3.05, 3.63) is 29.2 Å². The van der Waals surface area contributed by atoms with Gasteiger partial charge in [-0.3, -0.25) is 0 Å². The summed E-state index contributed by atoms with van der Waals surface area (Å²) in [5, 5.41) is 4.60. The van der Waals surface area contributed by atoms with E-state index in [0.717, 1.165) is 24.1 Å². The molecule has 1 aliphatic carbocycles. The summed E-state index contributed by atoms with van der Waals surface area (Å²) >= 11 is 0. The lowest BCUT2D eigenvalue weighted by Crippen LogP contribution is -2.46. The van der Waals surface area contributed by atoms with Crippen molar-refractivity contribution in [1.29, 1.82) is 0 Å². The highest BCUT2D eigenvalue weighted by Crippen LogP contribution is 2.45. The molecule has 1 saturated carbocycles. The van der Waals surface area contributed by atoms with E-state index in [1.165, 1.54) is 18.2 Å². The molecule has 0 spiro atoms. The van der Waals surface area contributed by atoms with Gasteiger partial charge in [0.1, 0.15) is 11.1 Å². The number of fused-ring (bicyclic) bond motifs is 1. The average Bonchev–Trinajstić information content (AvgIpc) is 3.28. The Balaban J connectivity index is 1.63. The molecule has 24 heavy (non-hydrogen) atoms. The summed E-state index contributed by atoms with van der Waals surface area (Å²) in [6.07, 6.45) is 2.87. The van der Waals surface area contributed by atoms with Crippen LogP contribution in [0.25, 0.3) is 5.57 Å². The minimum absolute atomic E-state index is 0.338. The van der Waals surface area contributed by atoms with Gasteiger partial charge in [-0.15, -0.1) is 0 Å². The molecule has 4 nitrogen and oxygen atoms in total. The fourth-order valence-electron chi connectivity index (χ4n) is 3.73. The van der Waals surface area contributed by atoms with Crippen molar-refractivity contribution in [2.24, 2.45) is 5.92 Å². The molecule has 2 heterocycles. The van der Waals surface area contributed by atoms with E-state index in [4.69, 9.17) is 0 Å². The molecule has 4 rings (SSSR count). The monoisotopic (exact) mass is 350 g/mol. The van der Waals surface area contributed by atoms with Crippen molar-refractivity contribution in [3.63, 3.8) is 0 Å². The highest BCUT2D eigenvalue weighted by Gasteiger charge is 2.35. The lowest BCUT2D eigenvalue weighted by Gasteiger charge is -2.33. The van der Waals surface area contributed by atoms with Crippen molar-refractivity contribution in [3.8, 4) is 0 Å². The van der Waals surface area contributed by atoms with Gasteiger partial charge in [0.15, 0.2) is 0 Å². The number of rotatable bonds is 4. The molecule has 0 bridgehead atoms. The number of hydrogen-bond donors (Lipinski definition) is 1. The third-order valence-electron chi connectivity index (χ3n) is 5.23. The number of likely N-dealkylation sites (tertiary alicyclic amines) is 1. The zero-order valence-corrected chi connectivity index (χ0v) is 14.7. The Kier molecular flexibility index (Phi) is 3.92. The molecule has 1 saturated heterocycles. The number of anilines is 1. The number of nitrogens with one attached hydrogen (secondary N) is 1. The van der Waals surface area contributed by atoms with Gasteiger partial charge in [0.2, 0.25) is 9.84 Å². The average molecular weight is 350 g/mol. The quantitative estimate of drug-likeness (QED) is 0.907. The van der Waals surface area contributed by atoms with Gasteiger partial charge in [-0.05, 0) is 55.9 Å². The highest BCUT2D eigenvalue weighted by molar-refractivity contribution is 7.95. The number of hydrogen-bond acceptors (Lipinski definition) is 4. The van der Waals surface area contributed by atoms with Crippen molar-refractivity contribution in [2.45, 2.75) is 42.8 Å². The van der Waals surface area contributed by atoms with Crippen LogP contribution in [0, 0.1) is 5.92 Å². The lowest BCUT2D eigenvalue weighted by atomic mass is 10.00. The van der Waals surface area contributed by atoms with E-state index in [1.54, 1.807) is 6.07 Å². The molecule has 1 N–H and O–H groups in total. The van der Waals surface area contributed by atoms with E-state index in [2.05, 4.69) is 5.32 Å². The molecule has 1 aromatic rings. The SMILES string of the molecule is CN1CC[C@@H](Nc2cccc3c2S(=O)(=O)C=C3CC2CC2)[C@@H](F)C1. The number of benzene rings is 1. The number of piperidine rings is 1. The Hall–Kier alpha value is -1.40. The lowest BCUT2D eigenvalue weighted by molar-refractivity contribution is 0.149. The Morgan fingerprint density at radius 1 is 1.29 bits per heavy atom. The van der Waals surface area contributed by atoms with Crippen LogP contribution < -0.4 is 5.32 Å². The molecule has 2 atom stereocenters. The van der Waals surface area contributed by atoms with Gasteiger partial charge in [-0.2, -0.15) is 0 Å². The second kappa shape index (κ2) is 5.85. The molecule has 130 valence electrons. The summed E-state index contributed by atoms with van der Waals surface area (Å²) in [4.78, 5) is 2.30. The van der Waals surface area contributed by atoms with Crippen molar-refractivity contribution in [2.75, 3.05) is 25.5 Å². The van der Waals surface area contributed by atoms with Crippen LogP contribution in [0.4, 0.5) is 10.1 Å².